The third kappa shape index (κ3) is 24.3. The molecule has 38 nitrogen and oxygen atoms in total. The van der Waals surface area contributed by atoms with E-state index in [2.05, 4.69) is 34.9 Å². The van der Waals surface area contributed by atoms with Crippen LogP contribution in [0.1, 0.15) is 208 Å². The van der Waals surface area contributed by atoms with Crippen molar-refractivity contribution < 1.29 is 93.5 Å². The first-order chi connectivity index (χ1) is 66.8. The van der Waals surface area contributed by atoms with E-state index in [0.29, 0.717) is 149 Å². The Balaban J connectivity index is 0.000000134. The highest BCUT2D eigenvalue weighted by Crippen LogP contribution is 2.39. The Hall–Kier alpha value is -14.7. The Morgan fingerprint density at radius 1 is 0.396 bits per heavy atom. The molecule has 718 valence electrons. The minimum atomic E-state index is -0.641. The number of hydrogen-bond donors (Lipinski definition) is 12. The summed E-state index contributed by atoms with van der Waals surface area (Å²) in [7, 11) is 0. The molecule has 3 aromatic carbocycles. The van der Waals surface area contributed by atoms with Crippen LogP contribution in [0.25, 0.3) is 30.7 Å². The molecule has 139 heavy (non-hydrogen) atoms. The van der Waals surface area contributed by atoms with E-state index in [1.54, 1.807) is 117 Å². The van der Waals surface area contributed by atoms with E-state index >= 15 is 0 Å². The zero-order chi connectivity index (χ0) is 99.0. The molecule has 6 aliphatic heterocycles. The highest BCUT2D eigenvalue weighted by molar-refractivity contribution is 7.21. The number of pyridine rings is 6. The maximum absolute atomic E-state index is 13.1. The van der Waals surface area contributed by atoms with Crippen molar-refractivity contribution >= 4 is 148 Å². The number of rotatable bonds is 11. The van der Waals surface area contributed by atoms with Crippen LogP contribution in [0.15, 0.2) is 170 Å². The summed E-state index contributed by atoms with van der Waals surface area (Å²) < 4.78 is 7.42. The van der Waals surface area contributed by atoms with E-state index in [9.17, 15) is 57.5 Å². The van der Waals surface area contributed by atoms with E-state index in [4.69, 9.17) is 47.6 Å². The molecule has 0 saturated heterocycles. The number of amides is 12. The molecule has 12 amide bonds. The van der Waals surface area contributed by atoms with E-state index < -0.39 is 41.0 Å². The van der Waals surface area contributed by atoms with Gasteiger partial charge < -0.3 is 34.1 Å². The van der Waals surface area contributed by atoms with Gasteiger partial charge in [0.2, 0.25) is 5.91 Å². The fourth-order valence-corrected chi connectivity index (χ4v) is 20.1. The molecular formula is C96H94ClN19O19S4. The second-order valence-electron chi connectivity index (χ2n) is 33.5. The lowest BCUT2D eigenvalue weighted by Gasteiger charge is -2.30. The third-order valence-electron chi connectivity index (χ3n) is 23.0. The van der Waals surface area contributed by atoms with Gasteiger partial charge in [-0.15, -0.1) is 45.3 Å². The fourth-order valence-electron chi connectivity index (χ4n) is 15.9. The molecule has 43 heteroatoms. The van der Waals surface area contributed by atoms with Gasteiger partial charge in [-0.1, -0.05) is 72.3 Å². The number of thiazole rings is 1. The molecular weight excluding hydrogens is 1890 g/mol. The summed E-state index contributed by atoms with van der Waals surface area (Å²) in [5.74, 6) is -3.80. The van der Waals surface area contributed by atoms with Gasteiger partial charge in [-0.05, 0) is 176 Å². The molecule has 0 unspecified atom stereocenters. The number of hydrogen-bond acceptors (Lipinski definition) is 30. The lowest BCUT2D eigenvalue weighted by Crippen LogP contribution is -2.40. The topological polar surface area (TPSA) is 517 Å². The van der Waals surface area contributed by atoms with Crippen LogP contribution in [-0.4, -0.2) is 211 Å². The van der Waals surface area contributed by atoms with Crippen LogP contribution in [0, 0.1) is 13.8 Å². The molecule has 16 heterocycles. The van der Waals surface area contributed by atoms with Gasteiger partial charge >= 0.3 is 6.09 Å². The number of aryl methyl sites for hydroxylation is 2. The summed E-state index contributed by atoms with van der Waals surface area (Å²) in [4.78, 5) is 186. The molecule has 19 rings (SSSR count). The zero-order valence-corrected chi connectivity index (χ0v) is 79.7. The van der Waals surface area contributed by atoms with Crippen molar-refractivity contribution in [2.75, 3.05) is 39.3 Å². The van der Waals surface area contributed by atoms with Crippen LogP contribution in [0.2, 0.25) is 5.02 Å². The molecule has 0 fully saturated rings. The predicted molar refractivity (Wildman–Crippen MR) is 510 cm³/mol. The highest BCUT2D eigenvalue weighted by atomic mass is 35.5. The average Bonchev–Trinajstić information content (AvgIpc) is 1.71. The fraction of sp³-hybridized carbons (Fsp3) is 0.260. The van der Waals surface area contributed by atoms with Gasteiger partial charge in [-0.25, -0.2) is 52.6 Å². The number of benzene rings is 3. The lowest BCUT2D eigenvalue weighted by molar-refractivity contribution is -0.129. The molecule has 6 aliphatic rings. The van der Waals surface area contributed by atoms with Crippen LogP contribution < -0.4 is 32.9 Å². The molecule has 13 aromatic rings. The Kier molecular flexibility index (Phi) is 32.5. The van der Waals surface area contributed by atoms with Gasteiger partial charge in [0.1, 0.15) is 27.6 Å². The van der Waals surface area contributed by atoms with Gasteiger partial charge in [0, 0.05) is 178 Å². The minimum absolute atomic E-state index is 0.00694. The number of halogens is 1. The highest BCUT2D eigenvalue weighted by Gasteiger charge is 2.34. The van der Waals surface area contributed by atoms with Crippen LogP contribution in [0.3, 0.4) is 0 Å². The van der Waals surface area contributed by atoms with Crippen molar-refractivity contribution in [1.82, 2.24) is 97.2 Å². The first kappa shape index (κ1) is 100. The van der Waals surface area contributed by atoms with Crippen LogP contribution in [0.5, 0.6) is 0 Å². The third-order valence-corrected chi connectivity index (χ3v) is 27.8. The summed E-state index contributed by atoms with van der Waals surface area (Å²) in [6.07, 6.45) is 9.30. The number of fused-ring (bicyclic) bond motifs is 8. The number of aromatic nitrogens is 7. The summed E-state index contributed by atoms with van der Waals surface area (Å²) in [5, 5.41) is 57.1. The van der Waals surface area contributed by atoms with Crippen molar-refractivity contribution in [3.8, 4) is 10.6 Å². The van der Waals surface area contributed by atoms with E-state index in [1.165, 1.54) is 76.9 Å². The van der Waals surface area contributed by atoms with Crippen molar-refractivity contribution in [2.45, 2.75) is 125 Å². The van der Waals surface area contributed by atoms with Crippen molar-refractivity contribution in [3.63, 3.8) is 0 Å². The standard InChI is InChI=1S/C20H18N4O3S.C19H16N2O3S.C18H14ClN3O3S.C14H14N4O3S.C14H19N3O4.C11H13N3O3/c1-12-10-17(15-4-2-3-8-21-15)28-18(12)20(26)24-9-7-14-13(11-24)5-6-16(22-14)19(25)23-27;22-18(20-24)14-5-6-15-11-21(8-7-12(15)9-14)19(23)17-10-13-3-1-2-4-16(13)25-17;19-15-12-3-1-2-4-14(12)26-16(15)18(24)22-6-5-13-11(9-22)7-10(8-20-13)17(23)21-25;1-8-16-12(7-22-8)14(20)18-3-2-11-10(6-18)4-9(5-15-11)13(19)17-21;1-14(2,3)21-13(19)17-5-4-9-6-10(12(18)16-20)7-15-11(9)8-17;1-7(15)14-5-4-9-8(6-14)2-3-10(12-9)11(16)13-17/h2-6,8,10,27H,7,9,11H2,1H3,(H,23,25);1-6,9-10,24H,7-8,11H2,(H,20,22);1-4,7-8,25H,5-6,9H2,(H,21,23);4-5,7,21H,2-3,6H2,1H3,(H,17,19);6-7,20H,4-5,8H2,1-3H3,(H,16,18);2-3,17H,4-6H2,1H3,(H,13,16). The van der Waals surface area contributed by atoms with Gasteiger partial charge in [-0.2, -0.15) is 0 Å². The summed E-state index contributed by atoms with van der Waals surface area (Å²) in [6, 6.07) is 42.2. The van der Waals surface area contributed by atoms with Crippen LogP contribution in [-0.2, 0) is 87.3 Å². The quantitative estimate of drug-likeness (QED) is 0.0423. The summed E-state index contributed by atoms with van der Waals surface area (Å²) in [5.41, 5.74) is 23.3. The number of carbonyl (C=O) groups excluding carboxylic acids is 12. The molecule has 0 atom stereocenters. The molecule has 12 N–H and O–H groups in total. The number of thiophene rings is 3. The summed E-state index contributed by atoms with van der Waals surface area (Å²) in [6.45, 7) is 16.7. The predicted octanol–water partition coefficient (Wildman–Crippen LogP) is 12.1. The van der Waals surface area contributed by atoms with Gasteiger partial charge in [-0.3, -0.25) is 104 Å². The summed E-state index contributed by atoms with van der Waals surface area (Å²) >= 11 is 12.2. The van der Waals surface area contributed by atoms with Gasteiger partial charge in [0.05, 0.1) is 59.3 Å². The molecule has 0 saturated carbocycles. The number of carbonyl (C=O) groups is 12. The molecule has 0 spiro atoms. The number of nitrogens with one attached hydrogen (secondary N) is 6. The second kappa shape index (κ2) is 45.1. The number of ether oxygens (including phenoxy) is 1. The van der Waals surface area contributed by atoms with Crippen molar-refractivity contribution in [1.29, 1.82) is 0 Å². The van der Waals surface area contributed by atoms with Crippen molar-refractivity contribution in [3.05, 3.63) is 307 Å². The average molecular weight is 1980 g/mol. The smallest absolute Gasteiger partial charge is 0.410 e. The normalized spacial score (nSPS) is 13.7. The van der Waals surface area contributed by atoms with Crippen LogP contribution in [0.4, 0.5) is 4.79 Å². The van der Waals surface area contributed by atoms with E-state index in [1.807, 2.05) is 124 Å². The monoisotopic (exact) mass is 1980 g/mol. The van der Waals surface area contributed by atoms with Crippen LogP contribution >= 0.6 is 56.9 Å². The number of nitrogens with zero attached hydrogens (tertiary/aromatic N) is 13. The maximum Gasteiger partial charge on any atom is 0.410 e. The maximum atomic E-state index is 13.1. The van der Waals surface area contributed by atoms with Gasteiger partial charge in [0.25, 0.3) is 59.1 Å². The lowest BCUT2D eigenvalue weighted by atomic mass is 9.97. The SMILES string of the molecule is CC(=O)N1CCc2nc(C(=O)NO)ccc2C1.CC(C)(C)OC(=O)N1CCc2cc(C(=O)NO)cnc2C1.Cc1cc(-c2ccccn2)sc1C(=O)N1CCc2nc(C(=O)NO)ccc2C1.Cc1nc(C(=O)N2CCc3ncc(C(=O)NO)cc3C2)cs1.O=C(NO)c1ccc2c(c1)CCN(C(=O)c1cc3ccccc3s1)C2.O=C(NO)c1cnc2c(c1)CN(C(=O)c1sc3ccccc3c1Cl)CC2. The second-order valence-corrected chi connectivity index (χ2v) is 38.1. The molecule has 0 aliphatic carbocycles. The Labute approximate surface area is 815 Å². The van der Waals surface area contributed by atoms with E-state index in [0.717, 1.165) is 114 Å². The number of hydroxylamine groups is 6. The molecule has 0 radical (unpaired) electrons. The Morgan fingerprint density at radius 3 is 1.41 bits per heavy atom. The molecule has 0 bridgehead atoms. The minimum Gasteiger partial charge on any atom is -0.444 e. The Morgan fingerprint density at radius 2 is 0.863 bits per heavy atom. The van der Waals surface area contributed by atoms with E-state index in [-0.39, 0.29) is 58.1 Å². The van der Waals surface area contributed by atoms with Crippen molar-refractivity contribution in [2.24, 2.45) is 0 Å². The largest absolute Gasteiger partial charge is 0.444 e. The first-order valence-electron chi connectivity index (χ1n) is 43.5. The molecule has 10 aromatic heterocycles. The zero-order valence-electron chi connectivity index (χ0n) is 75.7. The Bertz CT molecular complexity index is 6870. The van der Waals surface area contributed by atoms with Gasteiger partial charge in [0.15, 0.2) is 0 Å². The first-order valence-corrected chi connectivity index (χ1v) is 47.2.